The van der Waals surface area contributed by atoms with Gasteiger partial charge in [-0.3, -0.25) is 4.98 Å². The van der Waals surface area contributed by atoms with Crippen LogP contribution in [0.4, 0.5) is 32.2 Å². The smallest absolute Gasteiger partial charge is 0.348 e. The summed E-state index contributed by atoms with van der Waals surface area (Å²) in [5.74, 6) is -0.0772. The number of fused-ring (bicyclic) bond motifs is 2. The highest BCUT2D eigenvalue weighted by Crippen LogP contribution is 2.39. The Morgan fingerprint density at radius 1 is 1.06 bits per heavy atom. The number of pyridine rings is 1. The van der Waals surface area contributed by atoms with Gasteiger partial charge in [-0.15, -0.1) is 0 Å². The molecule has 5 rings (SSSR count). The molecule has 1 atom stereocenters. The minimum absolute atomic E-state index is 0.0772. The lowest BCUT2D eigenvalue weighted by atomic mass is 9.99. The Labute approximate surface area is 175 Å². The standard InChI is InChI=1S/C19H13F6N7/c20-18(21,22)10-2-1-4-32-13(10)6-12(30-32)17-16-11(27-9-28-16)3-5-31(17)15-8-26-7-14(29-15)19(23,24)25/h1-2,4,6-9,17H,3,5H2,(H,27,28)/t17-/m1/s1. The maximum absolute atomic E-state index is 13.5. The Bertz CT molecular complexity index is 1290. The van der Waals surface area contributed by atoms with E-state index >= 15 is 0 Å². The molecule has 1 N–H and O–H groups in total. The van der Waals surface area contributed by atoms with Gasteiger partial charge in [0.2, 0.25) is 0 Å². The van der Waals surface area contributed by atoms with Crippen LogP contribution in [0, 0.1) is 0 Å². The molecule has 0 saturated carbocycles. The molecular weight excluding hydrogens is 440 g/mol. The van der Waals surface area contributed by atoms with Crippen LogP contribution >= 0.6 is 0 Å². The molecule has 0 unspecified atom stereocenters. The summed E-state index contributed by atoms with van der Waals surface area (Å²) < 4.78 is 81.0. The van der Waals surface area contributed by atoms with Crippen molar-refractivity contribution >= 4 is 11.3 Å². The first-order chi connectivity index (χ1) is 15.1. The number of nitrogens with zero attached hydrogens (tertiary/aromatic N) is 6. The predicted molar refractivity (Wildman–Crippen MR) is 98.7 cm³/mol. The molecule has 1 aliphatic rings. The van der Waals surface area contributed by atoms with Crippen molar-refractivity contribution in [2.75, 3.05) is 11.4 Å². The lowest BCUT2D eigenvalue weighted by molar-refractivity contribution is -0.141. The molecule has 13 heteroatoms. The van der Waals surface area contributed by atoms with Crippen molar-refractivity contribution in [2.24, 2.45) is 0 Å². The highest BCUT2D eigenvalue weighted by Gasteiger charge is 2.38. The van der Waals surface area contributed by atoms with E-state index in [-0.39, 0.29) is 23.6 Å². The molecule has 166 valence electrons. The van der Waals surface area contributed by atoms with Gasteiger partial charge in [0.1, 0.15) is 11.9 Å². The summed E-state index contributed by atoms with van der Waals surface area (Å²) in [5.41, 5.74) is -0.855. The van der Waals surface area contributed by atoms with Crippen molar-refractivity contribution in [3.8, 4) is 0 Å². The molecular formula is C19H13F6N7. The fourth-order valence-electron chi connectivity index (χ4n) is 3.86. The summed E-state index contributed by atoms with van der Waals surface area (Å²) in [5, 5.41) is 4.29. The third kappa shape index (κ3) is 3.33. The Morgan fingerprint density at radius 3 is 2.62 bits per heavy atom. The molecule has 0 fully saturated rings. The molecule has 0 aromatic carbocycles. The van der Waals surface area contributed by atoms with E-state index in [9.17, 15) is 26.3 Å². The topological polar surface area (TPSA) is 75.0 Å². The first-order valence-electron chi connectivity index (χ1n) is 9.36. The van der Waals surface area contributed by atoms with Gasteiger partial charge in [0.05, 0.1) is 41.2 Å². The first-order valence-corrected chi connectivity index (χ1v) is 9.36. The van der Waals surface area contributed by atoms with Gasteiger partial charge in [-0.25, -0.2) is 14.5 Å². The minimum Gasteiger partial charge on any atom is -0.348 e. The van der Waals surface area contributed by atoms with Crippen molar-refractivity contribution in [2.45, 2.75) is 24.8 Å². The third-order valence-corrected chi connectivity index (χ3v) is 5.24. The fourth-order valence-corrected chi connectivity index (χ4v) is 3.86. The normalized spacial score (nSPS) is 17.1. The Hall–Kier alpha value is -3.64. The molecule has 0 radical (unpaired) electrons. The number of nitrogens with one attached hydrogen (secondary N) is 1. The van der Waals surface area contributed by atoms with Gasteiger partial charge < -0.3 is 9.88 Å². The van der Waals surface area contributed by atoms with Gasteiger partial charge in [-0.2, -0.15) is 31.4 Å². The second kappa shape index (κ2) is 6.93. The van der Waals surface area contributed by atoms with Crippen LogP contribution in [0.2, 0.25) is 0 Å². The van der Waals surface area contributed by atoms with E-state index in [1.165, 1.54) is 35.8 Å². The van der Waals surface area contributed by atoms with Crippen LogP contribution in [0.3, 0.4) is 0 Å². The van der Waals surface area contributed by atoms with Gasteiger partial charge in [0, 0.05) is 24.9 Å². The van der Waals surface area contributed by atoms with Crippen LogP contribution in [0.1, 0.15) is 34.4 Å². The van der Waals surface area contributed by atoms with Crippen LogP contribution in [0.25, 0.3) is 5.52 Å². The molecule has 0 saturated heterocycles. The molecule has 1 aliphatic heterocycles. The number of rotatable bonds is 2. The van der Waals surface area contributed by atoms with E-state index in [0.29, 0.717) is 18.3 Å². The summed E-state index contributed by atoms with van der Waals surface area (Å²) in [6.45, 7) is 0.232. The van der Waals surface area contributed by atoms with Crippen molar-refractivity contribution < 1.29 is 26.3 Å². The van der Waals surface area contributed by atoms with E-state index < -0.39 is 29.7 Å². The maximum Gasteiger partial charge on any atom is 0.434 e. The fraction of sp³-hybridized carbons (Fsp3) is 0.263. The number of anilines is 1. The zero-order valence-corrected chi connectivity index (χ0v) is 16.0. The van der Waals surface area contributed by atoms with E-state index in [4.69, 9.17) is 0 Å². The van der Waals surface area contributed by atoms with E-state index in [1.54, 1.807) is 0 Å². The SMILES string of the molecule is FC(F)(F)c1cncc(N2CCc3[nH]cnc3[C@H]2c2cc3c(C(F)(F)F)cccn3n2)n1. The molecule has 0 bridgehead atoms. The van der Waals surface area contributed by atoms with Crippen molar-refractivity contribution in [1.29, 1.82) is 0 Å². The minimum atomic E-state index is -4.70. The van der Waals surface area contributed by atoms with Crippen molar-refractivity contribution in [3.05, 3.63) is 71.5 Å². The maximum atomic E-state index is 13.5. The number of hydrogen-bond donors (Lipinski definition) is 1. The number of alkyl halides is 6. The molecule has 7 nitrogen and oxygen atoms in total. The lowest BCUT2D eigenvalue weighted by Gasteiger charge is -2.34. The summed E-state index contributed by atoms with van der Waals surface area (Å²) in [6.07, 6.45) is -4.29. The highest BCUT2D eigenvalue weighted by molar-refractivity contribution is 5.59. The average molecular weight is 453 g/mol. The van der Waals surface area contributed by atoms with Gasteiger partial charge >= 0.3 is 12.4 Å². The van der Waals surface area contributed by atoms with Crippen LogP contribution in [0.5, 0.6) is 0 Å². The lowest BCUT2D eigenvalue weighted by Crippen LogP contribution is -2.37. The predicted octanol–water partition coefficient (Wildman–Crippen LogP) is 4.04. The monoisotopic (exact) mass is 453 g/mol. The second-order valence-electron chi connectivity index (χ2n) is 7.19. The van der Waals surface area contributed by atoms with Crippen LogP contribution in [-0.4, -0.2) is 36.1 Å². The van der Waals surface area contributed by atoms with E-state index in [0.717, 1.165) is 16.3 Å². The first kappa shape index (κ1) is 20.3. The van der Waals surface area contributed by atoms with Crippen LogP contribution in [0.15, 0.2) is 43.1 Å². The van der Waals surface area contributed by atoms with Gasteiger partial charge in [0.15, 0.2) is 5.69 Å². The molecule has 5 heterocycles. The number of imidazole rings is 1. The summed E-state index contributed by atoms with van der Waals surface area (Å²) in [4.78, 5) is 16.1. The molecule has 4 aromatic heterocycles. The summed E-state index contributed by atoms with van der Waals surface area (Å²) in [6, 6.07) is 2.58. The molecule has 0 spiro atoms. The number of H-pyrrole nitrogens is 1. The average Bonchev–Trinajstić information content (AvgIpc) is 3.38. The van der Waals surface area contributed by atoms with Crippen LogP contribution in [-0.2, 0) is 18.8 Å². The third-order valence-electron chi connectivity index (χ3n) is 5.24. The van der Waals surface area contributed by atoms with Gasteiger partial charge in [0.25, 0.3) is 0 Å². The van der Waals surface area contributed by atoms with Crippen molar-refractivity contribution in [3.63, 3.8) is 0 Å². The molecule has 32 heavy (non-hydrogen) atoms. The number of aromatic amines is 1. The van der Waals surface area contributed by atoms with Gasteiger partial charge in [-0.1, -0.05) is 0 Å². The highest BCUT2D eigenvalue weighted by atomic mass is 19.4. The quantitative estimate of drug-likeness (QED) is 0.464. The Kier molecular flexibility index (Phi) is 4.39. The Morgan fingerprint density at radius 2 is 1.88 bits per heavy atom. The number of hydrogen-bond acceptors (Lipinski definition) is 5. The van der Waals surface area contributed by atoms with E-state index in [2.05, 4.69) is 25.0 Å². The zero-order valence-electron chi connectivity index (χ0n) is 16.0. The molecule has 0 aliphatic carbocycles. The number of aromatic nitrogens is 6. The zero-order chi connectivity index (χ0) is 22.7. The second-order valence-corrected chi connectivity index (χ2v) is 7.19. The summed E-state index contributed by atoms with van der Waals surface area (Å²) in [7, 11) is 0. The van der Waals surface area contributed by atoms with E-state index in [1.807, 2.05) is 0 Å². The van der Waals surface area contributed by atoms with Crippen LogP contribution < -0.4 is 4.90 Å². The van der Waals surface area contributed by atoms with Crippen molar-refractivity contribution in [1.82, 2.24) is 29.5 Å². The summed E-state index contributed by atoms with van der Waals surface area (Å²) >= 11 is 0. The largest absolute Gasteiger partial charge is 0.434 e. The Balaban J connectivity index is 1.67. The number of halogens is 6. The van der Waals surface area contributed by atoms with Gasteiger partial charge in [-0.05, 0) is 18.2 Å². The molecule has 0 amide bonds. The molecule has 4 aromatic rings.